The van der Waals surface area contributed by atoms with Crippen molar-refractivity contribution in [1.29, 1.82) is 0 Å². The SMILES string of the molecule is CCCC1NC(CCC)N(CCCN2CCOCC2)C1=O. The van der Waals surface area contributed by atoms with Gasteiger partial charge in [-0.1, -0.05) is 26.7 Å². The molecule has 2 heterocycles. The van der Waals surface area contributed by atoms with Crippen molar-refractivity contribution < 1.29 is 9.53 Å². The molecule has 0 bridgehead atoms. The molecule has 0 radical (unpaired) electrons. The molecule has 2 fully saturated rings. The number of morpholine rings is 1. The van der Waals surface area contributed by atoms with Crippen LogP contribution >= 0.6 is 0 Å². The zero-order valence-corrected chi connectivity index (χ0v) is 13.6. The third kappa shape index (κ3) is 4.66. The van der Waals surface area contributed by atoms with Gasteiger partial charge in [-0.05, 0) is 19.3 Å². The lowest BCUT2D eigenvalue weighted by Gasteiger charge is -2.28. The average Bonchev–Trinajstić information content (AvgIpc) is 2.78. The fourth-order valence-electron chi connectivity index (χ4n) is 3.31. The predicted octanol–water partition coefficient (Wildman–Crippen LogP) is 1.44. The van der Waals surface area contributed by atoms with Gasteiger partial charge < -0.3 is 9.64 Å². The van der Waals surface area contributed by atoms with Gasteiger partial charge in [-0.3, -0.25) is 15.0 Å². The van der Waals surface area contributed by atoms with Gasteiger partial charge >= 0.3 is 0 Å². The summed E-state index contributed by atoms with van der Waals surface area (Å²) >= 11 is 0. The standard InChI is InChI=1S/C16H31N3O2/c1-3-6-14-16(20)19(15(17-14)7-4-2)9-5-8-18-10-12-21-13-11-18/h14-15,17H,3-13H2,1-2H3. The molecule has 0 aliphatic carbocycles. The molecule has 5 nitrogen and oxygen atoms in total. The second-order valence-corrected chi connectivity index (χ2v) is 6.15. The molecule has 1 N–H and O–H groups in total. The lowest BCUT2D eigenvalue weighted by atomic mass is 10.1. The largest absolute Gasteiger partial charge is 0.379 e. The molecule has 2 aliphatic heterocycles. The summed E-state index contributed by atoms with van der Waals surface area (Å²) in [6, 6.07) is 0.0509. The second kappa shape index (κ2) is 8.71. The molecule has 0 spiro atoms. The number of nitrogens with zero attached hydrogens (tertiary/aromatic N) is 2. The van der Waals surface area contributed by atoms with Gasteiger partial charge in [-0.25, -0.2) is 0 Å². The van der Waals surface area contributed by atoms with E-state index in [-0.39, 0.29) is 12.2 Å². The molecule has 5 heteroatoms. The first-order valence-corrected chi connectivity index (χ1v) is 8.62. The van der Waals surface area contributed by atoms with Crippen LogP contribution < -0.4 is 5.32 Å². The molecule has 1 amide bonds. The average molecular weight is 297 g/mol. The lowest BCUT2D eigenvalue weighted by Crippen LogP contribution is -2.41. The van der Waals surface area contributed by atoms with Gasteiger partial charge in [0, 0.05) is 26.2 Å². The summed E-state index contributed by atoms with van der Waals surface area (Å²) in [5, 5.41) is 3.52. The van der Waals surface area contributed by atoms with Gasteiger partial charge in [0.1, 0.15) is 0 Å². The lowest BCUT2D eigenvalue weighted by molar-refractivity contribution is -0.130. The van der Waals surface area contributed by atoms with Crippen molar-refractivity contribution in [2.45, 2.75) is 58.2 Å². The van der Waals surface area contributed by atoms with Crippen LogP contribution in [0.15, 0.2) is 0 Å². The van der Waals surface area contributed by atoms with Crippen LogP contribution in [-0.2, 0) is 9.53 Å². The van der Waals surface area contributed by atoms with Crippen molar-refractivity contribution in [3.8, 4) is 0 Å². The van der Waals surface area contributed by atoms with Gasteiger partial charge in [0.15, 0.2) is 0 Å². The zero-order chi connectivity index (χ0) is 15.1. The van der Waals surface area contributed by atoms with Crippen molar-refractivity contribution in [3.05, 3.63) is 0 Å². The Labute approximate surface area is 129 Å². The Morgan fingerprint density at radius 2 is 1.86 bits per heavy atom. The van der Waals surface area contributed by atoms with E-state index in [1.54, 1.807) is 0 Å². The fourth-order valence-corrected chi connectivity index (χ4v) is 3.31. The van der Waals surface area contributed by atoms with Crippen molar-refractivity contribution >= 4 is 5.91 Å². The van der Waals surface area contributed by atoms with Crippen molar-refractivity contribution in [1.82, 2.24) is 15.1 Å². The molecule has 0 aromatic carbocycles. The quantitative estimate of drug-likeness (QED) is 0.736. The summed E-state index contributed by atoms with van der Waals surface area (Å²) in [5.41, 5.74) is 0. The summed E-state index contributed by atoms with van der Waals surface area (Å²) in [5.74, 6) is 0.317. The van der Waals surface area contributed by atoms with Crippen LogP contribution in [0.5, 0.6) is 0 Å². The van der Waals surface area contributed by atoms with E-state index >= 15 is 0 Å². The number of amides is 1. The molecule has 0 saturated carbocycles. The first kappa shape index (κ1) is 16.7. The third-order valence-electron chi connectivity index (χ3n) is 4.47. The molecule has 21 heavy (non-hydrogen) atoms. The van der Waals surface area contributed by atoms with Crippen LogP contribution in [0.4, 0.5) is 0 Å². The van der Waals surface area contributed by atoms with Crippen LogP contribution in [0.2, 0.25) is 0 Å². The van der Waals surface area contributed by atoms with E-state index in [0.717, 1.165) is 71.5 Å². The summed E-state index contributed by atoms with van der Waals surface area (Å²) in [7, 11) is 0. The Morgan fingerprint density at radius 3 is 2.52 bits per heavy atom. The maximum Gasteiger partial charge on any atom is 0.241 e. The summed E-state index contributed by atoms with van der Waals surface area (Å²) in [6.07, 6.45) is 5.51. The van der Waals surface area contributed by atoms with Gasteiger partial charge in [0.05, 0.1) is 25.4 Å². The summed E-state index contributed by atoms with van der Waals surface area (Å²) in [4.78, 5) is 17.0. The van der Waals surface area contributed by atoms with Crippen LogP contribution in [0.25, 0.3) is 0 Å². The molecule has 0 aromatic heterocycles. The minimum Gasteiger partial charge on any atom is -0.379 e. The molecule has 2 atom stereocenters. The van der Waals surface area contributed by atoms with Crippen molar-refractivity contribution in [3.63, 3.8) is 0 Å². The summed E-state index contributed by atoms with van der Waals surface area (Å²) < 4.78 is 5.37. The van der Waals surface area contributed by atoms with Crippen LogP contribution in [-0.4, -0.2) is 67.3 Å². The Kier molecular flexibility index (Phi) is 6.93. The number of ether oxygens (including phenoxy) is 1. The van der Waals surface area contributed by atoms with Crippen molar-refractivity contribution in [2.24, 2.45) is 0 Å². The molecule has 2 aliphatic rings. The highest BCUT2D eigenvalue weighted by Gasteiger charge is 2.37. The predicted molar refractivity (Wildman–Crippen MR) is 84.1 cm³/mol. The smallest absolute Gasteiger partial charge is 0.241 e. The maximum atomic E-state index is 12.5. The van der Waals surface area contributed by atoms with Gasteiger partial charge in [0.25, 0.3) is 0 Å². The van der Waals surface area contributed by atoms with Gasteiger partial charge in [-0.2, -0.15) is 0 Å². The topological polar surface area (TPSA) is 44.8 Å². The number of carbonyl (C=O) groups excluding carboxylic acids is 1. The van der Waals surface area contributed by atoms with Crippen LogP contribution in [0.3, 0.4) is 0 Å². The van der Waals surface area contributed by atoms with Gasteiger partial charge in [-0.15, -0.1) is 0 Å². The third-order valence-corrected chi connectivity index (χ3v) is 4.47. The van der Waals surface area contributed by atoms with E-state index in [4.69, 9.17) is 4.74 Å². The minimum absolute atomic E-state index is 0.0509. The molecule has 2 saturated heterocycles. The molecule has 0 aromatic rings. The van der Waals surface area contributed by atoms with E-state index in [9.17, 15) is 4.79 Å². The van der Waals surface area contributed by atoms with E-state index in [0.29, 0.717) is 5.91 Å². The highest BCUT2D eigenvalue weighted by Crippen LogP contribution is 2.18. The van der Waals surface area contributed by atoms with E-state index in [2.05, 4.69) is 29.0 Å². The molecule has 122 valence electrons. The Bertz CT molecular complexity index is 319. The normalized spacial score (nSPS) is 27.5. The van der Waals surface area contributed by atoms with E-state index in [1.165, 1.54) is 0 Å². The number of nitrogens with one attached hydrogen (secondary N) is 1. The number of rotatable bonds is 8. The first-order valence-electron chi connectivity index (χ1n) is 8.62. The number of hydrogen-bond acceptors (Lipinski definition) is 4. The minimum atomic E-state index is 0.0509. The monoisotopic (exact) mass is 297 g/mol. The van der Waals surface area contributed by atoms with Crippen LogP contribution in [0.1, 0.15) is 46.0 Å². The first-order chi connectivity index (χ1) is 10.3. The second-order valence-electron chi connectivity index (χ2n) is 6.15. The van der Waals surface area contributed by atoms with Crippen LogP contribution in [0, 0.1) is 0 Å². The zero-order valence-electron chi connectivity index (χ0n) is 13.6. The van der Waals surface area contributed by atoms with E-state index in [1.807, 2.05) is 0 Å². The molecule has 2 rings (SSSR count). The number of carbonyl (C=O) groups is 1. The Morgan fingerprint density at radius 1 is 1.14 bits per heavy atom. The highest BCUT2D eigenvalue weighted by molar-refractivity contribution is 5.84. The molecular formula is C16H31N3O2. The Balaban J connectivity index is 1.79. The van der Waals surface area contributed by atoms with E-state index < -0.39 is 0 Å². The molecule has 2 unspecified atom stereocenters. The summed E-state index contributed by atoms with van der Waals surface area (Å²) in [6.45, 7) is 10.0. The number of hydrogen-bond donors (Lipinski definition) is 1. The Hall–Kier alpha value is -0.650. The maximum absolute atomic E-state index is 12.5. The highest BCUT2D eigenvalue weighted by atomic mass is 16.5. The fraction of sp³-hybridized carbons (Fsp3) is 0.938. The van der Waals surface area contributed by atoms with Gasteiger partial charge in [0.2, 0.25) is 5.91 Å². The molecular weight excluding hydrogens is 266 g/mol. The van der Waals surface area contributed by atoms with Crippen molar-refractivity contribution in [2.75, 3.05) is 39.4 Å².